The van der Waals surface area contributed by atoms with Gasteiger partial charge in [0.25, 0.3) is 5.91 Å². The summed E-state index contributed by atoms with van der Waals surface area (Å²) in [7, 11) is 0. The predicted octanol–water partition coefficient (Wildman–Crippen LogP) is 1.98. The highest BCUT2D eigenvalue weighted by Gasteiger charge is 2.31. The Labute approximate surface area is 145 Å². The minimum Gasteiger partial charge on any atom is -0.333 e. The number of rotatable bonds is 3. The Morgan fingerprint density at radius 3 is 2.83 bits per heavy atom. The van der Waals surface area contributed by atoms with Gasteiger partial charge in [0.05, 0.1) is 17.6 Å². The molecule has 2 aromatic rings. The summed E-state index contributed by atoms with van der Waals surface area (Å²) in [6.45, 7) is 2.18. The summed E-state index contributed by atoms with van der Waals surface area (Å²) in [5.74, 6) is -0.262. The van der Waals surface area contributed by atoms with Crippen LogP contribution in [0.2, 0.25) is 5.02 Å². The molecule has 7 heteroatoms. The monoisotopic (exact) mass is 341 g/mol. The maximum absolute atomic E-state index is 12.6. The molecule has 3 rings (SSSR count). The van der Waals surface area contributed by atoms with Crippen LogP contribution in [0.3, 0.4) is 0 Å². The third kappa shape index (κ3) is 3.53. The molecule has 1 atom stereocenters. The number of hydrogen-bond donors (Lipinski definition) is 0. The molecule has 0 unspecified atom stereocenters. The molecule has 1 aliphatic rings. The first kappa shape index (κ1) is 16.4. The van der Waals surface area contributed by atoms with Gasteiger partial charge in [-0.2, -0.15) is 5.26 Å². The Hall–Kier alpha value is -2.49. The minimum absolute atomic E-state index is 0.180. The quantitative estimate of drug-likeness (QED) is 0.853. The number of carbonyl (C=O) groups excluding carboxylic acids is 1. The Morgan fingerprint density at radius 2 is 2.12 bits per heavy atom. The van der Waals surface area contributed by atoms with E-state index in [1.807, 2.05) is 30.3 Å². The highest BCUT2D eigenvalue weighted by molar-refractivity contribution is 6.33. The predicted molar refractivity (Wildman–Crippen MR) is 89.2 cm³/mol. The van der Waals surface area contributed by atoms with Gasteiger partial charge in [0, 0.05) is 25.8 Å². The second-order valence-electron chi connectivity index (χ2n) is 5.57. The largest absolute Gasteiger partial charge is 0.333 e. The molecule has 1 aliphatic heterocycles. The molecule has 2 heterocycles. The SMILES string of the molecule is N#C[C@H]1CN(C(=O)c2ncncc2Cl)CCN1Cc1ccccc1. The average molecular weight is 342 g/mol. The molecule has 1 amide bonds. The summed E-state index contributed by atoms with van der Waals surface area (Å²) >= 11 is 6.00. The molecule has 6 nitrogen and oxygen atoms in total. The normalized spacial score (nSPS) is 18.2. The minimum atomic E-state index is -0.358. The van der Waals surface area contributed by atoms with Gasteiger partial charge >= 0.3 is 0 Å². The molecule has 0 bridgehead atoms. The lowest BCUT2D eigenvalue weighted by Gasteiger charge is -2.38. The Balaban J connectivity index is 1.70. The number of nitrogens with zero attached hydrogens (tertiary/aromatic N) is 5. The van der Waals surface area contributed by atoms with Gasteiger partial charge in [-0.1, -0.05) is 41.9 Å². The van der Waals surface area contributed by atoms with E-state index in [4.69, 9.17) is 11.6 Å². The van der Waals surface area contributed by atoms with E-state index in [0.29, 0.717) is 26.2 Å². The van der Waals surface area contributed by atoms with Gasteiger partial charge in [0.15, 0.2) is 0 Å². The lowest BCUT2D eigenvalue weighted by atomic mass is 10.1. The summed E-state index contributed by atoms with van der Waals surface area (Å²) < 4.78 is 0. The number of benzene rings is 1. The van der Waals surface area contributed by atoms with Crippen LogP contribution >= 0.6 is 11.6 Å². The average Bonchev–Trinajstić information content (AvgIpc) is 2.63. The fourth-order valence-electron chi connectivity index (χ4n) is 2.75. The summed E-state index contributed by atoms with van der Waals surface area (Å²) in [4.78, 5) is 24.0. The van der Waals surface area contributed by atoms with Gasteiger partial charge < -0.3 is 4.90 Å². The van der Waals surface area contributed by atoms with E-state index in [0.717, 1.165) is 5.56 Å². The van der Waals surface area contributed by atoms with Crippen molar-refractivity contribution in [3.8, 4) is 6.07 Å². The van der Waals surface area contributed by atoms with Crippen LogP contribution in [0.1, 0.15) is 16.1 Å². The zero-order chi connectivity index (χ0) is 16.9. The highest BCUT2D eigenvalue weighted by Crippen LogP contribution is 2.18. The topological polar surface area (TPSA) is 73.1 Å². The van der Waals surface area contributed by atoms with Crippen molar-refractivity contribution in [2.24, 2.45) is 0 Å². The van der Waals surface area contributed by atoms with Crippen LogP contribution in [0.25, 0.3) is 0 Å². The van der Waals surface area contributed by atoms with Crippen LogP contribution in [0.15, 0.2) is 42.9 Å². The molecule has 1 aromatic carbocycles. The number of nitriles is 1. The molecule has 0 saturated carbocycles. The molecule has 1 saturated heterocycles. The van der Waals surface area contributed by atoms with Gasteiger partial charge in [-0.15, -0.1) is 0 Å². The van der Waals surface area contributed by atoms with Gasteiger partial charge in [0.1, 0.15) is 18.1 Å². The molecule has 0 aliphatic carbocycles. The van der Waals surface area contributed by atoms with Crippen molar-refractivity contribution in [3.63, 3.8) is 0 Å². The van der Waals surface area contributed by atoms with Crippen molar-refractivity contribution < 1.29 is 4.79 Å². The molecule has 1 fully saturated rings. The van der Waals surface area contributed by atoms with Crippen molar-refractivity contribution in [2.75, 3.05) is 19.6 Å². The van der Waals surface area contributed by atoms with Crippen LogP contribution in [0, 0.1) is 11.3 Å². The van der Waals surface area contributed by atoms with Crippen molar-refractivity contribution in [1.29, 1.82) is 5.26 Å². The van der Waals surface area contributed by atoms with Gasteiger partial charge in [-0.25, -0.2) is 9.97 Å². The second-order valence-corrected chi connectivity index (χ2v) is 5.98. The number of amides is 1. The first-order chi connectivity index (χ1) is 11.7. The zero-order valence-corrected chi connectivity index (χ0v) is 13.7. The number of carbonyl (C=O) groups is 1. The maximum Gasteiger partial charge on any atom is 0.274 e. The number of halogens is 1. The Morgan fingerprint density at radius 1 is 1.33 bits per heavy atom. The third-order valence-electron chi connectivity index (χ3n) is 4.03. The van der Waals surface area contributed by atoms with Crippen molar-refractivity contribution in [1.82, 2.24) is 19.8 Å². The van der Waals surface area contributed by atoms with Crippen molar-refractivity contribution >= 4 is 17.5 Å². The lowest BCUT2D eigenvalue weighted by Crippen LogP contribution is -2.53. The highest BCUT2D eigenvalue weighted by atomic mass is 35.5. The third-order valence-corrected chi connectivity index (χ3v) is 4.30. The molecular weight excluding hydrogens is 326 g/mol. The van der Waals surface area contributed by atoms with Crippen LogP contribution in [-0.4, -0.2) is 51.4 Å². The first-order valence-corrected chi connectivity index (χ1v) is 7.99. The van der Waals surface area contributed by atoms with Crippen molar-refractivity contribution in [3.05, 3.63) is 59.1 Å². The number of aromatic nitrogens is 2. The van der Waals surface area contributed by atoms with E-state index in [1.54, 1.807) is 4.90 Å². The molecule has 122 valence electrons. The molecule has 0 N–H and O–H groups in total. The molecule has 1 aromatic heterocycles. The molecule has 0 radical (unpaired) electrons. The maximum atomic E-state index is 12.6. The first-order valence-electron chi connectivity index (χ1n) is 7.61. The van der Waals surface area contributed by atoms with E-state index in [2.05, 4.69) is 20.9 Å². The summed E-state index contributed by atoms with van der Waals surface area (Å²) in [6, 6.07) is 11.9. The number of hydrogen-bond acceptors (Lipinski definition) is 5. The second kappa shape index (κ2) is 7.39. The van der Waals surface area contributed by atoms with Crippen LogP contribution < -0.4 is 0 Å². The molecular formula is C17H16ClN5O. The van der Waals surface area contributed by atoms with Crippen LogP contribution in [0.4, 0.5) is 0 Å². The standard InChI is InChI=1S/C17H16ClN5O/c18-15-9-20-12-21-16(15)17(24)23-7-6-22(14(8-19)11-23)10-13-4-2-1-3-5-13/h1-5,9,12,14H,6-7,10-11H2/t14-/m0/s1. The smallest absolute Gasteiger partial charge is 0.274 e. The van der Waals surface area contributed by atoms with E-state index in [1.165, 1.54) is 12.5 Å². The zero-order valence-electron chi connectivity index (χ0n) is 13.0. The summed E-state index contributed by atoms with van der Waals surface area (Å²) in [6.07, 6.45) is 2.70. The summed E-state index contributed by atoms with van der Waals surface area (Å²) in [5, 5.41) is 9.71. The Bertz CT molecular complexity index is 761. The van der Waals surface area contributed by atoms with Gasteiger partial charge in [-0.05, 0) is 5.56 Å². The fraction of sp³-hybridized carbons (Fsp3) is 0.294. The Kier molecular flexibility index (Phi) is 5.04. The molecule has 0 spiro atoms. The van der Waals surface area contributed by atoms with E-state index in [-0.39, 0.29) is 22.7 Å². The van der Waals surface area contributed by atoms with E-state index >= 15 is 0 Å². The van der Waals surface area contributed by atoms with Crippen LogP contribution in [-0.2, 0) is 6.54 Å². The van der Waals surface area contributed by atoms with Gasteiger partial charge in [0.2, 0.25) is 0 Å². The van der Waals surface area contributed by atoms with Gasteiger partial charge in [-0.3, -0.25) is 9.69 Å². The van der Waals surface area contributed by atoms with E-state index < -0.39 is 0 Å². The van der Waals surface area contributed by atoms with Crippen molar-refractivity contribution in [2.45, 2.75) is 12.6 Å². The van der Waals surface area contributed by atoms with E-state index in [9.17, 15) is 10.1 Å². The fourth-order valence-corrected chi connectivity index (χ4v) is 2.94. The summed E-state index contributed by atoms with van der Waals surface area (Å²) in [5.41, 5.74) is 1.33. The van der Waals surface area contributed by atoms with Crippen LogP contribution in [0.5, 0.6) is 0 Å². The number of piperazine rings is 1. The lowest BCUT2D eigenvalue weighted by molar-refractivity contribution is 0.0546. The molecule has 24 heavy (non-hydrogen) atoms.